The van der Waals surface area contributed by atoms with E-state index in [2.05, 4.69) is 20.0 Å². The highest BCUT2D eigenvalue weighted by molar-refractivity contribution is 6.07. The van der Waals surface area contributed by atoms with Crippen LogP contribution in [0.25, 0.3) is 10.9 Å². The zero-order valence-corrected chi connectivity index (χ0v) is 12.5. The fourth-order valence-corrected chi connectivity index (χ4v) is 4.51. The first-order chi connectivity index (χ1) is 11.2. The minimum absolute atomic E-state index is 0.119. The summed E-state index contributed by atoms with van der Waals surface area (Å²) in [6, 6.07) is 4.26. The van der Waals surface area contributed by atoms with Gasteiger partial charge in [-0.3, -0.25) is 9.89 Å². The van der Waals surface area contributed by atoms with E-state index < -0.39 is 0 Å². The summed E-state index contributed by atoms with van der Waals surface area (Å²) in [4.78, 5) is 17.8. The smallest absolute Gasteiger partial charge is 0.254 e. The van der Waals surface area contributed by atoms with Crippen molar-refractivity contribution in [1.82, 2.24) is 20.0 Å². The number of H-pyrrole nitrogens is 1. The summed E-state index contributed by atoms with van der Waals surface area (Å²) in [5.41, 5.74) is 2.34. The van der Waals surface area contributed by atoms with Gasteiger partial charge in [0.1, 0.15) is 0 Å². The molecule has 1 N–H and O–H groups in total. The summed E-state index contributed by atoms with van der Waals surface area (Å²) < 4.78 is 8.02. The van der Waals surface area contributed by atoms with E-state index in [1.807, 2.05) is 6.07 Å². The van der Waals surface area contributed by atoms with E-state index in [0.29, 0.717) is 29.1 Å². The summed E-state index contributed by atoms with van der Waals surface area (Å²) in [5.74, 6) is 0.760. The van der Waals surface area contributed by atoms with Gasteiger partial charge in [-0.25, -0.2) is 0 Å². The fraction of sp³-hybridized carbons (Fsp3) is 0.529. The first-order valence-electron chi connectivity index (χ1n) is 8.72. The molecule has 1 atom stereocenters. The SMILES string of the molecule is [2H]c1ccc2c3c(n[nH]c13)CCN([C@@H]1CN3CCC1CC3)C2=O. The predicted octanol–water partition coefficient (Wildman–Crippen LogP) is 1.66. The van der Waals surface area contributed by atoms with Gasteiger partial charge >= 0.3 is 0 Å². The van der Waals surface area contributed by atoms with E-state index in [4.69, 9.17) is 1.37 Å². The second kappa shape index (κ2) is 4.56. The molecule has 5 heteroatoms. The van der Waals surface area contributed by atoms with Gasteiger partial charge in [-0.05, 0) is 44.0 Å². The van der Waals surface area contributed by atoms with E-state index in [1.165, 1.54) is 25.9 Å². The van der Waals surface area contributed by atoms with Crippen LogP contribution in [0.5, 0.6) is 0 Å². The van der Waals surface area contributed by atoms with Crippen LogP contribution in [0, 0.1) is 5.92 Å². The highest BCUT2D eigenvalue weighted by Crippen LogP contribution is 2.34. The number of carbonyl (C=O) groups is 1. The number of carbonyl (C=O) groups excluding carboxylic acids is 1. The van der Waals surface area contributed by atoms with E-state index in [9.17, 15) is 4.79 Å². The van der Waals surface area contributed by atoms with Crippen LogP contribution in [-0.4, -0.2) is 58.1 Å². The third kappa shape index (κ3) is 1.69. The Hall–Kier alpha value is -1.88. The van der Waals surface area contributed by atoms with Crippen LogP contribution in [0.3, 0.4) is 0 Å². The molecule has 0 aliphatic carbocycles. The van der Waals surface area contributed by atoms with E-state index in [0.717, 1.165) is 30.6 Å². The van der Waals surface area contributed by atoms with Crippen molar-refractivity contribution in [2.24, 2.45) is 5.92 Å². The average molecular weight is 297 g/mol. The van der Waals surface area contributed by atoms with Crippen molar-refractivity contribution < 1.29 is 6.17 Å². The lowest BCUT2D eigenvalue weighted by Crippen LogP contribution is -2.58. The molecule has 3 saturated heterocycles. The molecule has 1 amide bonds. The molecule has 2 aromatic rings. The van der Waals surface area contributed by atoms with Gasteiger partial charge in [0.15, 0.2) is 0 Å². The Kier molecular flexibility index (Phi) is 2.41. The van der Waals surface area contributed by atoms with Gasteiger partial charge in [0.2, 0.25) is 0 Å². The van der Waals surface area contributed by atoms with Gasteiger partial charge in [0.25, 0.3) is 5.91 Å². The Balaban J connectivity index is 1.58. The molecule has 3 fully saturated rings. The molecule has 0 saturated carbocycles. The first kappa shape index (κ1) is 11.7. The lowest BCUT2D eigenvalue weighted by Gasteiger charge is -2.49. The highest BCUT2D eigenvalue weighted by Gasteiger charge is 2.40. The second-order valence-corrected chi connectivity index (χ2v) is 6.77. The Labute approximate surface area is 130 Å². The Morgan fingerprint density at radius 2 is 2.18 bits per heavy atom. The summed E-state index contributed by atoms with van der Waals surface area (Å²) in [6.45, 7) is 4.11. The van der Waals surface area contributed by atoms with Crippen molar-refractivity contribution in [3.05, 3.63) is 29.4 Å². The molecule has 5 heterocycles. The molecule has 0 radical (unpaired) electrons. The van der Waals surface area contributed by atoms with Gasteiger partial charge in [-0.2, -0.15) is 5.10 Å². The molecule has 0 unspecified atom stereocenters. The van der Waals surface area contributed by atoms with Gasteiger partial charge in [0, 0.05) is 30.9 Å². The molecule has 1 aromatic carbocycles. The minimum Gasteiger partial charge on any atom is -0.334 e. The first-order valence-corrected chi connectivity index (χ1v) is 8.22. The van der Waals surface area contributed by atoms with E-state index >= 15 is 0 Å². The van der Waals surface area contributed by atoms with Crippen molar-refractivity contribution in [3.63, 3.8) is 0 Å². The number of amides is 1. The Morgan fingerprint density at radius 3 is 2.95 bits per heavy atom. The molecule has 114 valence electrons. The third-order valence-corrected chi connectivity index (χ3v) is 5.69. The molecule has 22 heavy (non-hydrogen) atoms. The fourth-order valence-electron chi connectivity index (χ4n) is 4.51. The number of aromatic nitrogens is 2. The Bertz CT molecular complexity index is 793. The van der Waals surface area contributed by atoms with Crippen molar-refractivity contribution in [2.75, 3.05) is 26.2 Å². The highest BCUT2D eigenvalue weighted by atomic mass is 16.2. The molecule has 4 aliphatic rings. The van der Waals surface area contributed by atoms with Crippen LogP contribution in [0.15, 0.2) is 18.2 Å². The van der Waals surface area contributed by atoms with Gasteiger partial charge in [-0.1, -0.05) is 6.07 Å². The number of nitrogens with one attached hydrogen (secondary N) is 1. The lowest BCUT2D eigenvalue weighted by molar-refractivity contribution is 0.00821. The molecule has 5 nitrogen and oxygen atoms in total. The number of piperidine rings is 3. The average Bonchev–Trinajstić information content (AvgIpc) is 2.95. The Morgan fingerprint density at radius 1 is 1.32 bits per heavy atom. The molecule has 6 rings (SSSR count). The molecule has 4 aliphatic heterocycles. The van der Waals surface area contributed by atoms with Gasteiger partial charge in [-0.15, -0.1) is 0 Å². The number of benzene rings is 1. The summed E-state index contributed by atoms with van der Waals surface area (Å²) in [7, 11) is 0. The zero-order valence-electron chi connectivity index (χ0n) is 13.5. The predicted molar refractivity (Wildman–Crippen MR) is 83.8 cm³/mol. The van der Waals surface area contributed by atoms with Crippen LogP contribution in [0.1, 0.15) is 30.3 Å². The molecule has 1 aromatic heterocycles. The number of rotatable bonds is 1. The maximum atomic E-state index is 13.2. The lowest BCUT2D eigenvalue weighted by atomic mass is 9.83. The van der Waals surface area contributed by atoms with Crippen molar-refractivity contribution in [2.45, 2.75) is 25.3 Å². The van der Waals surface area contributed by atoms with Crippen LogP contribution < -0.4 is 0 Å². The summed E-state index contributed by atoms with van der Waals surface area (Å²) in [6.07, 6.45) is 3.19. The maximum Gasteiger partial charge on any atom is 0.254 e. The quantitative estimate of drug-likeness (QED) is 0.871. The summed E-state index contributed by atoms with van der Waals surface area (Å²) in [5, 5.41) is 8.18. The zero-order chi connectivity index (χ0) is 15.6. The van der Waals surface area contributed by atoms with Crippen LogP contribution in [0.2, 0.25) is 0 Å². The van der Waals surface area contributed by atoms with Crippen molar-refractivity contribution in [1.29, 1.82) is 0 Å². The van der Waals surface area contributed by atoms with Crippen LogP contribution >= 0.6 is 0 Å². The van der Waals surface area contributed by atoms with E-state index in [1.54, 1.807) is 6.07 Å². The van der Waals surface area contributed by atoms with Crippen molar-refractivity contribution >= 4 is 16.8 Å². The van der Waals surface area contributed by atoms with Crippen LogP contribution in [-0.2, 0) is 6.42 Å². The number of hydrogen-bond acceptors (Lipinski definition) is 3. The largest absolute Gasteiger partial charge is 0.334 e. The van der Waals surface area contributed by atoms with Crippen LogP contribution in [0.4, 0.5) is 0 Å². The van der Waals surface area contributed by atoms with Gasteiger partial charge in [0.05, 0.1) is 18.1 Å². The molecule has 0 spiro atoms. The normalized spacial score (nSPS) is 31.5. The van der Waals surface area contributed by atoms with Gasteiger partial charge < -0.3 is 9.80 Å². The monoisotopic (exact) mass is 297 g/mol. The molecular weight excluding hydrogens is 276 g/mol. The number of fused-ring (bicyclic) bond motifs is 3. The van der Waals surface area contributed by atoms with Crippen molar-refractivity contribution in [3.8, 4) is 0 Å². The third-order valence-electron chi connectivity index (χ3n) is 5.69. The second-order valence-electron chi connectivity index (χ2n) is 6.77. The topological polar surface area (TPSA) is 52.2 Å². The van der Waals surface area contributed by atoms with E-state index in [-0.39, 0.29) is 5.91 Å². The maximum absolute atomic E-state index is 13.2. The number of aromatic amines is 1. The standard InChI is InChI=1S/C17H20N4O/c22-17-12-2-1-3-13-16(12)14(19-18-13)6-9-21(17)15-10-20-7-4-11(15)5-8-20/h1-3,11,15H,4-10H2,(H,18,19)/t15-/m1/s1/i3D. The minimum atomic E-state index is 0.119. The number of hydrogen-bond donors (Lipinski definition) is 1. The number of nitrogens with zero attached hydrogens (tertiary/aromatic N) is 3. The molecule has 2 bridgehead atoms. The molecular formula is C17H20N4O. The summed E-state index contributed by atoms with van der Waals surface area (Å²) >= 11 is 0.